The maximum absolute atomic E-state index is 12.1. The summed E-state index contributed by atoms with van der Waals surface area (Å²) in [7, 11) is 0. The number of carbonyl (C=O) groups is 1. The van der Waals surface area contributed by atoms with Crippen molar-refractivity contribution in [3.05, 3.63) is 12.2 Å². The standard InChI is InChI=1S/C35H68O4/c1-3-5-7-9-11-13-15-17-18-19-20-22-24-26-28-30-35(37)39-34(32-36)33-38-31-29-27-25-23-21-16-14-12-10-8-6-4-2/h17-18,34,36H,3-16,19-33H2,1-2H3/b18-17-/t34-/m1/s1. The Kier molecular flexibility index (Phi) is 32.6. The van der Waals surface area contributed by atoms with Crippen LogP contribution in [0.5, 0.6) is 0 Å². The molecule has 0 fully saturated rings. The molecule has 0 unspecified atom stereocenters. The molecule has 0 aliphatic carbocycles. The van der Waals surface area contributed by atoms with Crippen LogP contribution in [0.15, 0.2) is 12.2 Å². The molecule has 0 aromatic heterocycles. The number of allylic oxidation sites excluding steroid dienone is 2. The van der Waals surface area contributed by atoms with Crippen LogP contribution >= 0.6 is 0 Å². The highest BCUT2D eigenvalue weighted by molar-refractivity contribution is 5.69. The van der Waals surface area contributed by atoms with E-state index >= 15 is 0 Å². The molecular formula is C35H68O4. The lowest BCUT2D eigenvalue weighted by Crippen LogP contribution is -2.27. The fraction of sp³-hybridized carbons (Fsp3) is 0.914. The molecule has 0 aromatic rings. The van der Waals surface area contributed by atoms with Crippen LogP contribution in [0.1, 0.15) is 181 Å². The number of aliphatic hydroxyl groups is 1. The molecule has 0 heterocycles. The van der Waals surface area contributed by atoms with Gasteiger partial charge in [0.15, 0.2) is 0 Å². The van der Waals surface area contributed by atoms with Gasteiger partial charge in [-0.25, -0.2) is 0 Å². The second-order valence-corrected chi connectivity index (χ2v) is 11.6. The highest BCUT2D eigenvalue weighted by Gasteiger charge is 2.13. The summed E-state index contributed by atoms with van der Waals surface area (Å²) in [6.45, 7) is 5.34. The van der Waals surface area contributed by atoms with Crippen molar-refractivity contribution in [2.45, 2.75) is 187 Å². The van der Waals surface area contributed by atoms with E-state index in [9.17, 15) is 9.90 Å². The summed E-state index contributed by atoms with van der Waals surface area (Å²) in [6.07, 6.45) is 36.7. The van der Waals surface area contributed by atoms with Crippen molar-refractivity contribution in [1.82, 2.24) is 0 Å². The number of hydrogen-bond donors (Lipinski definition) is 1. The predicted octanol–water partition coefficient (Wildman–Crippen LogP) is 10.6. The van der Waals surface area contributed by atoms with E-state index in [-0.39, 0.29) is 12.6 Å². The van der Waals surface area contributed by atoms with E-state index in [1.807, 2.05) is 0 Å². The van der Waals surface area contributed by atoms with Crippen molar-refractivity contribution in [2.24, 2.45) is 0 Å². The smallest absolute Gasteiger partial charge is 0.306 e. The first-order valence-electron chi connectivity index (χ1n) is 17.3. The van der Waals surface area contributed by atoms with Crippen LogP contribution in [-0.4, -0.2) is 37.0 Å². The van der Waals surface area contributed by atoms with E-state index in [0.717, 1.165) is 19.3 Å². The highest BCUT2D eigenvalue weighted by atomic mass is 16.6. The minimum absolute atomic E-state index is 0.170. The lowest BCUT2D eigenvalue weighted by molar-refractivity contribution is -0.154. The van der Waals surface area contributed by atoms with Crippen LogP contribution in [0.25, 0.3) is 0 Å². The Labute approximate surface area is 244 Å². The Balaban J connectivity index is 3.44. The molecule has 4 heteroatoms. The van der Waals surface area contributed by atoms with Crippen LogP contribution < -0.4 is 0 Å². The van der Waals surface area contributed by atoms with Gasteiger partial charge in [-0.05, 0) is 38.5 Å². The molecular weight excluding hydrogens is 484 g/mol. The molecule has 0 spiro atoms. The van der Waals surface area contributed by atoms with E-state index in [1.54, 1.807) is 0 Å². The van der Waals surface area contributed by atoms with Gasteiger partial charge in [-0.1, -0.05) is 148 Å². The Morgan fingerprint density at radius 1 is 0.590 bits per heavy atom. The van der Waals surface area contributed by atoms with Crippen molar-refractivity contribution in [3.63, 3.8) is 0 Å². The minimum atomic E-state index is -0.530. The molecule has 4 nitrogen and oxygen atoms in total. The minimum Gasteiger partial charge on any atom is -0.457 e. The molecule has 0 rings (SSSR count). The maximum Gasteiger partial charge on any atom is 0.306 e. The SMILES string of the molecule is CCCCCCCC/C=C\CCCCCCCC(=O)O[C@H](CO)COCCCCCCCCCCCCCC. The Hall–Kier alpha value is -0.870. The van der Waals surface area contributed by atoms with Gasteiger partial charge in [0.25, 0.3) is 0 Å². The van der Waals surface area contributed by atoms with E-state index in [0.29, 0.717) is 19.6 Å². The van der Waals surface area contributed by atoms with Crippen molar-refractivity contribution >= 4 is 5.97 Å². The Bertz CT molecular complexity index is 505. The molecule has 0 saturated carbocycles. The summed E-state index contributed by atoms with van der Waals surface area (Å²) in [5.74, 6) is -0.208. The van der Waals surface area contributed by atoms with Crippen LogP contribution in [0.2, 0.25) is 0 Å². The van der Waals surface area contributed by atoms with Gasteiger partial charge in [0.05, 0.1) is 13.2 Å². The zero-order valence-electron chi connectivity index (χ0n) is 26.4. The second kappa shape index (κ2) is 33.3. The third-order valence-corrected chi connectivity index (χ3v) is 7.59. The molecule has 0 aromatic carbocycles. The summed E-state index contributed by atoms with van der Waals surface area (Å²) in [5, 5.41) is 9.52. The molecule has 1 atom stereocenters. The number of ether oxygens (including phenoxy) is 2. The van der Waals surface area contributed by atoms with Crippen molar-refractivity contribution in [2.75, 3.05) is 19.8 Å². The molecule has 0 saturated heterocycles. The van der Waals surface area contributed by atoms with Gasteiger partial charge in [0.2, 0.25) is 0 Å². The van der Waals surface area contributed by atoms with Gasteiger partial charge >= 0.3 is 5.97 Å². The zero-order chi connectivity index (χ0) is 28.5. The van der Waals surface area contributed by atoms with Crippen molar-refractivity contribution < 1.29 is 19.4 Å². The average molecular weight is 553 g/mol. The van der Waals surface area contributed by atoms with Crippen LogP contribution in [0, 0.1) is 0 Å². The Morgan fingerprint density at radius 3 is 1.46 bits per heavy atom. The summed E-state index contributed by atoms with van der Waals surface area (Å²) in [4.78, 5) is 12.1. The van der Waals surface area contributed by atoms with Crippen LogP contribution in [-0.2, 0) is 14.3 Å². The van der Waals surface area contributed by atoms with E-state index in [4.69, 9.17) is 9.47 Å². The van der Waals surface area contributed by atoms with Crippen molar-refractivity contribution in [1.29, 1.82) is 0 Å². The lowest BCUT2D eigenvalue weighted by atomic mass is 10.1. The first-order chi connectivity index (χ1) is 19.2. The number of rotatable bonds is 32. The van der Waals surface area contributed by atoms with Gasteiger partial charge in [0, 0.05) is 13.0 Å². The topological polar surface area (TPSA) is 55.8 Å². The molecule has 0 radical (unpaired) electrons. The largest absolute Gasteiger partial charge is 0.457 e. The normalized spacial score (nSPS) is 12.4. The van der Waals surface area contributed by atoms with E-state index in [2.05, 4.69) is 26.0 Å². The number of carbonyl (C=O) groups excluding carboxylic acids is 1. The molecule has 1 N–H and O–H groups in total. The lowest BCUT2D eigenvalue weighted by Gasteiger charge is -2.15. The fourth-order valence-electron chi connectivity index (χ4n) is 4.97. The average Bonchev–Trinajstić information content (AvgIpc) is 2.94. The maximum atomic E-state index is 12.1. The van der Waals surface area contributed by atoms with Gasteiger partial charge < -0.3 is 14.6 Å². The molecule has 0 amide bonds. The van der Waals surface area contributed by atoms with E-state index < -0.39 is 6.10 Å². The van der Waals surface area contributed by atoms with Crippen molar-refractivity contribution in [3.8, 4) is 0 Å². The fourth-order valence-corrected chi connectivity index (χ4v) is 4.97. The number of unbranched alkanes of at least 4 members (excludes halogenated alkanes) is 22. The third-order valence-electron chi connectivity index (χ3n) is 7.59. The molecule has 232 valence electrons. The quantitative estimate of drug-likeness (QED) is 0.0512. The summed E-state index contributed by atoms with van der Waals surface area (Å²) in [5.41, 5.74) is 0. The number of esters is 1. The van der Waals surface area contributed by atoms with Gasteiger partial charge in [-0.15, -0.1) is 0 Å². The monoisotopic (exact) mass is 553 g/mol. The summed E-state index contributed by atoms with van der Waals surface area (Å²) in [6, 6.07) is 0. The van der Waals surface area contributed by atoms with Crippen LogP contribution in [0.3, 0.4) is 0 Å². The molecule has 0 aliphatic heterocycles. The third kappa shape index (κ3) is 31.5. The van der Waals surface area contributed by atoms with Gasteiger partial charge in [-0.2, -0.15) is 0 Å². The zero-order valence-corrected chi connectivity index (χ0v) is 26.4. The van der Waals surface area contributed by atoms with Gasteiger partial charge in [0.1, 0.15) is 6.10 Å². The van der Waals surface area contributed by atoms with Crippen LogP contribution in [0.4, 0.5) is 0 Å². The number of hydrogen-bond acceptors (Lipinski definition) is 4. The molecule has 0 bridgehead atoms. The first-order valence-corrected chi connectivity index (χ1v) is 17.3. The predicted molar refractivity (Wildman–Crippen MR) is 168 cm³/mol. The Morgan fingerprint density at radius 2 is 1.00 bits per heavy atom. The van der Waals surface area contributed by atoms with E-state index in [1.165, 1.54) is 141 Å². The first kappa shape index (κ1) is 38.1. The highest BCUT2D eigenvalue weighted by Crippen LogP contribution is 2.13. The van der Waals surface area contributed by atoms with Gasteiger partial charge in [-0.3, -0.25) is 4.79 Å². The number of aliphatic hydroxyl groups excluding tert-OH is 1. The summed E-state index contributed by atoms with van der Waals surface area (Å²) < 4.78 is 11.1. The summed E-state index contributed by atoms with van der Waals surface area (Å²) >= 11 is 0. The molecule has 0 aliphatic rings. The second-order valence-electron chi connectivity index (χ2n) is 11.6. The molecule has 39 heavy (non-hydrogen) atoms.